The highest BCUT2D eigenvalue weighted by molar-refractivity contribution is 5.80. The number of hydrogen-bond acceptors (Lipinski definition) is 11. The summed E-state index contributed by atoms with van der Waals surface area (Å²) in [7, 11) is 2.91. The van der Waals surface area contributed by atoms with E-state index < -0.39 is 17.9 Å². The van der Waals surface area contributed by atoms with Gasteiger partial charge in [-0.25, -0.2) is 4.79 Å². The van der Waals surface area contributed by atoms with Crippen molar-refractivity contribution in [1.82, 2.24) is 21.3 Å². The van der Waals surface area contributed by atoms with Gasteiger partial charge in [0, 0.05) is 24.9 Å². The Labute approximate surface area is 257 Å². The summed E-state index contributed by atoms with van der Waals surface area (Å²) in [5.41, 5.74) is 7.80. The second-order valence-corrected chi connectivity index (χ2v) is 11.1. The van der Waals surface area contributed by atoms with Gasteiger partial charge >= 0.3 is 12.0 Å². The number of benzene rings is 2. The van der Waals surface area contributed by atoms with E-state index in [0.29, 0.717) is 30.2 Å². The van der Waals surface area contributed by atoms with Crippen LogP contribution >= 0.6 is 0 Å². The lowest BCUT2D eigenvalue weighted by atomic mass is 9.65. The number of aromatic hydroxyl groups is 1. The van der Waals surface area contributed by atoms with Crippen molar-refractivity contribution < 1.29 is 38.4 Å². The van der Waals surface area contributed by atoms with Crippen LogP contribution in [0.1, 0.15) is 47.9 Å². The number of esters is 1. The minimum absolute atomic E-state index is 0.0780. The van der Waals surface area contributed by atoms with E-state index in [0.717, 1.165) is 56.6 Å². The number of carbonyl (C=O) groups excluding carboxylic acids is 2. The highest BCUT2D eigenvalue weighted by atomic mass is 16.7. The third-order valence-corrected chi connectivity index (χ3v) is 8.44. The molecule has 4 atom stereocenters. The van der Waals surface area contributed by atoms with Crippen molar-refractivity contribution in [2.24, 2.45) is 17.6 Å². The van der Waals surface area contributed by atoms with Gasteiger partial charge in [-0.15, -0.1) is 0 Å². The molecule has 44 heavy (non-hydrogen) atoms. The topological polar surface area (TPSA) is 175 Å². The Bertz CT molecular complexity index is 1300. The Balaban J connectivity index is 1.30. The van der Waals surface area contributed by atoms with Crippen molar-refractivity contribution in [3.8, 4) is 28.7 Å². The molecule has 0 radical (unpaired) electrons. The number of urea groups is 1. The summed E-state index contributed by atoms with van der Waals surface area (Å²) in [6.45, 7) is 4.76. The predicted molar refractivity (Wildman–Crippen MR) is 161 cm³/mol. The number of methoxy groups -OCH3 is 2. The van der Waals surface area contributed by atoms with Crippen molar-refractivity contribution in [3.63, 3.8) is 0 Å². The molecular weight excluding hydrogens is 570 g/mol. The van der Waals surface area contributed by atoms with Crippen LogP contribution in [-0.4, -0.2) is 84.0 Å². The molecule has 1 fully saturated rings. The van der Waals surface area contributed by atoms with Crippen LogP contribution < -0.4 is 45.9 Å². The molecule has 13 heteroatoms. The van der Waals surface area contributed by atoms with Crippen LogP contribution in [0.4, 0.5) is 4.79 Å². The van der Waals surface area contributed by atoms with E-state index in [2.05, 4.69) is 21.3 Å². The van der Waals surface area contributed by atoms with Crippen LogP contribution in [0, 0.1) is 11.8 Å². The molecule has 2 unspecified atom stereocenters. The number of phenolic OH excluding ortho intramolecular Hbond substituents is 1. The van der Waals surface area contributed by atoms with Crippen LogP contribution in [0.15, 0.2) is 24.3 Å². The van der Waals surface area contributed by atoms with E-state index in [1.165, 1.54) is 14.2 Å². The zero-order chi connectivity index (χ0) is 31.1. The number of amides is 2. The van der Waals surface area contributed by atoms with E-state index >= 15 is 0 Å². The van der Waals surface area contributed by atoms with Gasteiger partial charge < -0.3 is 55.8 Å². The summed E-state index contributed by atoms with van der Waals surface area (Å²) in [6, 6.07) is 6.27. The van der Waals surface area contributed by atoms with Crippen LogP contribution in [0.3, 0.4) is 0 Å². The molecule has 0 saturated carbocycles. The van der Waals surface area contributed by atoms with Gasteiger partial charge in [0.1, 0.15) is 0 Å². The fourth-order valence-corrected chi connectivity index (χ4v) is 6.28. The van der Waals surface area contributed by atoms with Crippen molar-refractivity contribution in [3.05, 3.63) is 41.0 Å². The molecule has 0 bridgehead atoms. The molecule has 0 spiro atoms. The highest BCUT2D eigenvalue weighted by Gasteiger charge is 2.53. The number of nitrogens with two attached hydrogens (primary N) is 1. The van der Waals surface area contributed by atoms with Crippen LogP contribution in [0.25, 0.3) is 0 Å². The molecule has 2 aromatic rings. The molecular formula is C31H43N5O8. The molecule has 240 valence electrons. The second kappa shape index (κ2) is 14.7. The quantitative estimate of drug-likeness (QED) is 0.127. The molecule has 7 N–H and O–H groups in total. The first-order valence-electron chi connectivity index (χ1n) is 15.2. The molecule has 1 saturated heterocycles. The van der Waals surface area contributed by atoms with Crippen LogP contribution in [0.5, 0.6) is 28.7 Å². The molecule has 0 aromatic heterocycles. The first-order valence-corrected chi connectivity index (χ1v) is 15.2. The minimum Gasteiger partial charge on any atom is -0.502 e. The van der Waals surface area contributed by atoms with Crippen LogP contribution in [0.2, 0.25) is 0 Å². The lowest BCUT2D eigenvalue weighted by Gasteiger charge is -2.39. The maximum absolute atomic E-state index is 13.3. The number of nitrogens with one attached hydrogen (secondary N) is 4. The second-order valence-electron chi connectivity index (χ2n) is 11.1. The van der Waals surface area contributed by atoms with Crippen molar-refractivity contribution in [1.29, 1.82) is 0 Å². The maximum Gasteiger partial charge on any atom is 0.315 e. The van der Waals surface area contributed by atoms with Gasteiger partial charge in [-0.2, -0.15) is 0 Å². The van der Waals surface area contributed by atoms with E-state index in [4.69, 9.17) is 29.4 Å². The molecule has 13 nitrogen and oxygen atoms in total. The Kier molecular flexibility index (Phi) is 10.5. The highest BCUT2D eigenvalue weighted by Crippen LogP contribution is 2.55. The van der Waals surface area contributed by atoms with Gasteiger partial charge in [0.2, 0.25) is 12.5 Å². The maximum atomic E-state index is 13.3. The summed E-state index contributed by atoms with van der Waals surface area (Å²) >= 11 is 0. The zero-order valence-electron chi connectivity index (χ0n) is 25.3. The van der Waals surface area contributed by atoms with Gasteiger partial charge in [-0.3, -0.25) is 4.79 Å². The molecule has 5 rings (SSSR count). The summed E-state index contributed by atoms with van der Waals surface area (Å²) in [4.78, 5) is 26.4. The third kappa shape index (κ3) is 6.74. The average molecular weight is 614 g/mol. The normalized spacial score (nSPS) is 21.3. The third-order valence-electron chi connectivity index (χ3n) is 8.44. The van der Waals surface area contributed by atoms with E-state index in [-0.39, 0.29) is 48.6 Å². The van der Waals surface area contributed by atoms with Gasteiger partial charge in [-0.05, 0) is 86.4 Å². The van der Waals surface area contributed by atoms with Crippen molar-refractivity contribution >= 4 is 12.0 Å². The molecule has 3 aliphatic rings. The fraction of sp³-hybridized carbons (Fsp3) is 0.548. The molecule has 2 amide bonds. The number of fused-ring (bicyclic) bond motifs is 3. The first kappa shape index (κ1) is 31.5. The lowest BCUT2D eigenvalue weighted by Crippen LogP contribution is -2.47. The van der Waals surface area contributed by atoms with Gasteiger partial charge in [0.25, 0.3) is 0 Å². The zero-order valence-corrected chi connectivity index (χ0v) is 25.3. The molecule has 2 aromatic carbocycles. The Morgan fingerprint density at radius 2 is 1.57 bits per heavy atom. The Morgan fingerprint density at radius 3 is 2.25 bits per heavy atom. The molecule has 2 heterocycles. The van der Waals surface area contributed by atoms with E-state index in [9.17, 15) is 14.7 Å². The number of phenols is 1. The smallest absolute Gasteiger partial charge is 0.315 e. The predicted octanol–water partition coefficient (Wildman–Crippen LogP) is 1.72. The van der Waals surface area contributed by atoms with E-state index in [1.54, 1.807) is 12.1 Å². The number of hydrogen-bond donors (Lipinski definition) is 6. The number of unbranched alkanes of at least 4 members (excludes halogenated alkanes) is 1. The first-order chi connectivity index (χ1) is 21.5. The van der Waals surface area contributed by atoms with Gasteiger partial charge in [0.15, 0.2) is 23.0 Å². The monoisotopic (exact) mass is 613 g/mol. The number of carbonyl (C=O) groups is 2. The summed E-state index contributed by atoms with van der Waals surface area (Å²) < 4.78 is 27.8. The fourth-order valence-electron chi connectivity index (χ4n) is 6.28. The minimum atomic E-state index is -0.613. The summed E-state index contributed by atoms with van der Waals surface area (Å²) in [5.74, 6) is -0.387. The van der Waals surface area contributed by atoms with Crippen molar-refractivity contribution in [2.75, 3.05) is 66.9 Å². The van der Waals surface area contributed by atoms with Crippen LogP contribution in [-0.2, 0) is 9.53 Å². The van der Waals surface area contributed by atoms with Gasteiger partial charge in [-0.1, -0.05) is 0 Å². The summed E-state index contributed by atoms with van der Waals surface area (Å²) in [5, 5.41) is 23.3. The SMILES string of the molecule is COc1cc(C2c3cc4c(cc3[C@@H](NC(=O)NCCNCCCNCCCCN)C3COC(=O)[C@H]23)OCO4)cc(OC)c1O. The molecule has 1 aliphatic carbocycles. The van der Waals surface area contributed by atoms with E-state index in [1.807, 2.05) is 12.1 Å². The Morgan fingerprint density at radius 1 is 0.909 bits per heavy atom. The number of cyclic esters (lactones) is 1. The Hall–Kier alpha value is -3.94. The lowest BCUT2D eigenvalue weighted by molar-refractivity contribution is -0.141. The standard InChI is InChI=1S/C31H43N5O8/c1-40-24-12-18(13-25(41-2)29(24)37)26-19-14-22-23(44-17-43-22)15-20(19)28(21-16-42-30(38)27(21)26)36-31(39)35-11-10-34-9-5-8-33-7-4-3-6-32/h12-15,21,26-28,33-34,37H,3-11,16-17,32H2,1-2H3,(H2,35,36,39)/t21?,26?,27-,28+/m0/s1. The van der Waals surface area contributed by atoms with Gasteiger partial charge in [0.05, 0.1) is 32.8 Å². The largest absolute Gasteiger partial charge is 0.502 e. The average Bonchev–Trinajstić information content (AvgIpc) is 3.65. The van der Waals surface area contributed by atoms with Crippen molar-refractivity contribution in [2.45, 2.75) is 31.2 Å². The number of ether oxygens (including phenoxy) is 5. The number of rotatable bonds is 15. The summed E-state index contributed by atoms with van der Waals surface area (Å²) in [6.07, 6.45) is 3.10. The molecule has 2 aliphatic heterocycles.